The van der Waals surface area contributed by atoms with Crippen LogP contribution in [-0.4, -0.2) is 60.6 Å². The zero-order valence-corrected chi connectivity index (χ0v) is 6.10. The van der Waals surface area contributed by atoms with E-state index in [4.69, 9.17) is 0 Å². The second kappa shape index (κ2) is 31.5. The maximum absolute atomic E-state index is 3.83. The van der Waals surface area contributed by atoms with Crippen molar-refractivity contribution in [3.05, 3.63) is 0 Å². The molecule has 0 atom stereocenters. The fourth-order valence-corrected chi connectivity index (χ4v) is 0. The van der Waals surface area contributed by atoms with E-state index in [1.54, 1.807) is 0 Å². The van der Waals surface area contributed by atoms with Gasteiger partial charge >= 0.3 is 62.7 Å². The van der Waals surface area contributed by atoms with E-state index in [1.807, 2.05) is 0 Å². The summed E-state index contributed by atoms with van der Waals surface area (Å²) < 4.78 is 0. The number of rotatable bonds is 0. The minimum atomic E-state index is 0. The molecule has 0 rings (SSSR count). The molecule has 0 unspecified atom stereocenters. The van der Waals surface area contributed by atoms with Crippen LogP contribution in [-0.2, 0) is 14.4 Å². The molecule has 5 heteroatoms. The van der Waals surface area contributed by atoms with Gasteiger partial charge in [-0.15, -0.1) is 0 Å². The van der Waals surface area contributed by atoms with Crippen LogP contribution in [0, 0.1) is 0 Å². The van der Waals surface area contributed by atoms with Gasteiger partial charge in [0.15, 0.2) is 17.4 Å². The molecular weight excluding hydrogens is 171 g/mol. The van der Waals surface area contributed by atoms with Crippen molar-refractivity contribution >= 4 is 65.7 Å². The van der Waals surface area contributed by atoms with Gasteiger partial charge in [0.25, 0.3) is 0 Å². The van der Waals surface area contributed by atoms with E-state index in [0.717, 1.165) is 0 Å². The predicted octanol–water partition coefficient (Wildman–Crippen LogP) is -1.52. The quantitative estimate of drug-likeness (QED) is 0.414. The van der Waals surface area contributed by atoms with Crippen molar-refractivity contribution in [2.24, 2.45) is 0 Å². The molecule has 0 aliphatic carbocycles. The van der Waals surface area contributed by atoms with Gasteiger partial charge in [0.2, 0.25) is 0 Å². The van der Waals surface area contributed by atoms with Crippen LogP contribution in [0.15, 0.2) is 0 Å². The van der Waals surface area contributed by atoms with Crippen molar-refractivity contribution in [2.75, 3.05) is 0 Å². The first-order valence-corrected chi connectivity index (χ1v) is 1.79. The van der Waals surface area contributed by atoms with Crippen LogP contribution in [0.1, 0.15) is 2.85 Å². The molecule has 0 aromatic rings. The molecule has 0 aromatic carbocycles. The molecule has 1 nitrogen and oxygen atoms in total. The summed E-state index contributed by atoms with van der Waals surface area (Å²) >= 11 is 2.83. The molecular formula is H7AlCaFeOS. The first-order chi connectivity index (χ1) is 1.00. The molecule has 0 fully saturated rings. The van der Waals surface area contributed by atoms with Crippen molar-refractivity contribution in [3.8, 4) is 0 Å². The van der Waals surface area contributed by atoms with Crippen molar-refractivity contribution in [3.63, 3.8) is 0 Å². The van der Waals surface area contributed by atoms with Gasteiger partial charge in [-0.3, -0.25) is 0 Å². The van der Waals surface area contributed by atoms with E-state index in [2.05, 4.69) is 24.9 Å². The second-order valence-electron chi connectivity index (χ2n) is 0. The molecule has 0 radical (unpaired) electrons. The van der Waals surface area contributed by atoms with Gasteiger partial charge in [0, 0.05) is 0 Å². The molecule has 0 aliphatic heterocycles. The Labute approximate surface area is 87.0 Å². The summed E-state index contributed by atoms with van der Waals surface area (Å²) in [5.41, 5.74) is 0. The second-order valence-corrected chi connectivity index (χ2v) is 0. The average molecular weight is 178 g/mol. The molecule has 0 spiro atoms. The van der Waals surface area contributed by atoms with Gasteiger partial charge in [-0.05, 0) is 0 Å². The van der Waals surface area contributed by atoms with Crippen LogP contribution in [0.4, 0.5) is 0 Å². The number of hydrogen-bond acceptors (Lipinski definition) is 1. The molecule has 0 aliphatic rings. The summed E-state index contributed by atoms with van der Waals surface area (Å²) in [5, 5.41) is 0. The monoisotopic (exact) mass is 178 g/mol. The van der Waals surface area contributed by atoms with Gasteiger partial charge < -0.3 is 8.33 Å². The first kappa shape index (κ1) is 25.9. The Bertz CT molecular complexity index is 17.7. The normalized spacial score (nSPS) is 1.00. The Morgan fingerprint density at radius 3 is 1.40 bits per heavy atom. The fourth-order valence-electron chi connectivity index (χ4n) is 0. The Morgan fingerprint density at radius 2 is 1.40 bits per heavy atom. The zero-order valence-electron chi connectivity index (χ0n) is 3.97. The van der Waals surface area contributed by atoms with E-state index < -0.39 is 0 Å². The molecule has 0 bridgehead atoms. The molecule has 0 heterocycles. The van der Waals surface area contributed by atoms with Crippen molar-refractivity contribution in [2.45, 2.75) is 0 Å². The van der Waals surface area contributed by atoms with E-state index in [1.165, 1.54) is 0 Å². The van der Waals surface area contributed by atoms with Crippen LogP contribution < -0.4 is 0 Å². The van der Waals surface area contributed by atoms with Gasteiger partial charge in [-0.25, -0.2) is 0 Å². The van der Waals surface area contributed by atoms with Crippen LogP contribution in [0.25, 0.3) is 0 Å². The molecule has 2 N–H and O–H groups in total. The zero-order chi connectivity index (χ0) is 2.00. The predicted molar refractivity (Wildman–Crippen MR) is 29.1 cm³/mol. The van der Waals surface area contributed by atoms with Crippen LogP contribution in [0.5, 0.6) is 0 Å². The first-order valence-electron chi connectivity index (χ1n) is 0.144. The summed E-state index contributed by atoms with van der Waals surface area (Å²) in [6.45, 7) is 0. The summed E-state index contributed by atoms with van der Waals surface area (Å²) in [6.07, 6.45) is 0. The molecule has 0 saturated heterocycles. The topological polar surface area (TPSA) is 31.5 Å². The fraction of sp³-hybridized carbons (Fsp3) is 0. The SMILES string of the molecule is O.[AlH3].[Ca+2].[H-].[H-].[S]=[Fe]. The Hall–Kier alpha value is 2.49. The Morgan fingerprint density at radius 1 is 1.40 bits per heavy atom. The van der Waals surface area contributed by atoms with E-state index in [-0.39, 0.29) is 63.4 Å². The van der Waals surface area contributed by atoms with E-state index >= 15 is 0 Å². The van der Waals surface area contributed by atoms with E-state index in [0.29, 0.717) is 0 Å². The van der Waals surface area contributed by atoms with Crippen LogP contribution in [0.2, 0.25) is 0 Å². The van der Waals surface area contributed by atoms with Crippen molar-refractivity contribution in [1.29, 1.82) is 0 Å². The van der Waals surface area contributed by atoms with Crippen molar-refractivity contribution < 1.29 is 22.7 Å². The third-order valence-corrected chi connectivity index (χ3v) is 0. The molecule has 32 valence electrons. The third kappa shape index (κ3) is 21.1. The van der Waals surface area contributed by atoms with Crippen molar-refractivity contribution in [1.82, 2.24) is 0 Å². The average Bonchev–Trinajstić information content (AvgIpc) is 1.00. The number of hydrogen-bond donors (Lipinski definition) is 0. The minimum absolute atomic E-state index is 0. The Kier molecular flexibility index (Phi) is 163. The standard InChI is InChI=1S/Al.Ca.Fe.H2O.S.5H/h;;;1H2;;;;;;/q;+2;;;;;;;2*-1. The van der Waals surface area contributed by atoms with Gasteiger partial charge in [0.05, 0.1) is 0 Å². The van der Waals surface area contributed by atoms with Crippen LogP contribution >= 0.6 is 10.6 Å². The summed E-state index contributed by atoms with van der Waals surface area (Å²) in [5.74, 6) is 0. The van der Waals surface area contributed by atoms with Gasteiger partial charge in [0.1, 0.15) is 0 Å². The Balaban J connectivity index is -0.000000000500. The van der Waals surface area contributed by atoms with Crippen LogP contribution in [0.3, 0.4) is 0 Å². The summed E-state index contributed by atoms with van der Waals surface area (Å²) in [4.78, 5) is 0. The molecule has 0 saturated carbocycles. The van der Waals surface area contributed by atoms with E-state index in [9.17, 15) is 0 Å². The van der Waals surface area contributed by atoms with Gasteiger partial charge in [-0.2, -0.15) is 0 Å². The molecule has 0 amide bonds. The van der Waals surface area contributed by atoms with Gasteiger partial charge in [-0.1, -0.05) is 0 Å². The third-order valence-electron chi connectivity index (χ3n) is 0. The summed E-state index contributed by atoms with van der Waals surface area (Å²) in [6, 6.07) is 0. The molecule has 0 aromatic heterocycles. The maximum atomic E-state index is 3.83. The summed E-state index contributed by atoms with van der Waals surface area (Å²) in [7, 11) is 3.83. The molecule has 5 heavy (non-hydrogen) atoms.